The number of nitrogens with zero attached hydrogens (tertiary/aromatic N) is 1. The zero-order chi connectivity index (χ0) is 20.8. The summed E-state index contributed by atoms with van der Waals surface area (Å²) in [6.07, 6.45) is -0.213. The molecule has 1 atom stereocenters. The highest BCUT2D eigenvalue weighted by atomic mass is 32.1. The van der Waals surface area contributed by atoms with Crippen LogP contribution >= 0.6 is 11.3 Å². The molecule has 3 N–H and O–H groups in total. The molecule has 2 aromatic carbocycles. The van der Waals surface area contributed by atoms with E-state index in [0.29, 0.717) is 10.9 Å². The fraction of sp³-hybridized carbons (Fsp3) is 0.190. The zero-order valence-corrected chi connectivity index (χ0v) is 16.8. The van der Waals surface area contributed by atoms with E-state index in [9.17, 15) is 14.7 Å². The average Bonchev–Trinajstić information content (AvgIpc) is 3.16. The van der Waals surface area contributed by atoms with Crippen molar-refractivity contribution in [2.24, 2.45) is 0 Å². The normalized spacial score (nSPS) is 11.5. The Morgan fingerprint density at radius 3 is 2.72 bits per heavy atom. The van der Waals surface area contributed by atoms with Gasteiger partial charge in [-0.3, -0.25) is 9.59 Å². The van der Waals surface area contributed by atoms with Gasteiger partial charge in [-0.25, -0.2) is 4.98 Å². The predicted molar refractivity (Wildman–Crippen MR) is 112 cm³/mol. The number of hydrogen-bond acceptors (Lipinski definition) is 6. The molecular formula is C21H21N3O4S. The van der Waals surface area contributed by atoms with Crippen LogP contribution in [0.15, 0.2) is 53.9 Å². The van der Waals surface area contributed by atoms with E-state index in [2.05, 4.69) is 15.6 Å². The lowest BCUT2D eigenvalue weighted by Gasteiger charge is -2.18. The smallest absolute Gasteiger partial charge is 0.305 e. The summed E-state index contributed by atoms with van der Waals surface area (Å²) in [5, 5.41) is 17.4. The number of aromatic nitrogens is 1. The summed E-state index contributed by atoms with van der Waals surface area (Å²) < 4.78 is 5.19. The highest BCUT2D eigenvalue weighted by Gasteiger charge is 2.21. The number of anilines is 2. The van der Waals surface area contributed by atoms with Crippen LogP contribution in [0.5, 0.6) is 5.75 Å². The molecule has 0 saturated carbocycles. The van der Waals surface area contributed by atoms with Gasteiger partial charge < -0.3 is 20.5 Å². The van der Waals surface area contributed by atoms with Gasteiger partial charge in [-0.05, 0) is 30.2 Å². The molecule has 3 rings (SSSR count). The van der Waals surface area contributed by atoms with Crippen molar-refractivity contribution in [1.29, 1.82) is 0 Å². The molecule has 7 nitrogen and oxygen atoms in total. The molecular weight excluding hydrogens is 390 g/mol. The maximum atomic E-state index is 12.7. The Hall–Kier alpha value is -3.39. The number of aryl methyl sites for hydroxylation is 1. The lowest BCUT2D eigenvalue weighted by molar-refractivity contribution is -0.137. The Labute approximate surface area is 172 Å². The van der Waals surface area contributed by atoms with E-state index in [1.165, 1.54) is 11.3 Å². The number of carbonyl (C=O) groups excluding carboxylic acids is 1. The second-order valence-corrected chi connectivity index (χ2v) is 7.23. The number of nitrogens with one attached hydrogen (secondary N) is 2. The van der Waals surface area contributed by atoms with E-state index in [0.717, 1.165) is 16.8 Å². The number of rotatable bonds is 8. The van der Waals surface area contributed by atoms with Crippen LogP contribution < -0.4 is 15.4 Å². The maximum absolute atomic E-state index is 12.7. The van der Waals surface area contributed by atoms with Crippen LogP contribution in [0.3, 0.4) is 0 Å². The van der Waals surface area contributed by atoms with Crippen LogP contribution in [-0.4, -0.2) is 29.1 Å². The highest BCUT2D eigenvalue weighted by Crippen LogP contribution is 2.25. The molecule has 1 heterocycles. The van der Waals surface area contributed by atoms with Crippen molar-refractivity contribution in [2.45, 2.75) is 19.4 Å². The summed E-state index contributed by atoms with van der Waals surface area (Å²) >= 11 is 1.29. The van der Waals surface area contributed by atoms with Crippen molar-refractivity contribution in [2.75, 3.05) is 12.4 Å². The molecule has 0 radical (unpaired) electrons. The third-order valence-corrected chi connectivity index (χ3v) is 5.06. The SMILES string of the molecule is COc1cccc(Nc2nc(C(=O)N[C@@H](CC(=O)O)c3ccccc3C)cs2)c1. The van der Waals surface area contributed by atoms with Gasteiger partial charge >= 0.3 is 5.97 Å². The van der Waals surface area contributed by atoms with E-state index in [4.69, 9.17) is 4.74 Å². The Bertz CT molecular complexity index is 1020. The third-order valence-electron chi connectivity index (χ3n) is 4.31. The first-order valence-corrected chi connectivity index (χ1v) is 9.79. The molecule has 1 amide bonds. The number of hydrogen-bond donors (Lipinski definition) is 3. The number of ether oxygens (including phenoxy) is 1. The van der Waals surface area contributed by atoms with E-state index in [1.54, 1.807) is 12.5 Å². The Kier molecular flexibility index (Phi) is 6.46. The van der Waals surface area contributed by atoms with Crippen LogP contribution in [-0.2, 0) is 4.79 Å². The highest BCUT2D eigenvalue weighted by molar-refractivity contribution is 7.14. The maximum Gasteiger partial charge on any atom is 0.305 e. The van der Waals surface area contributed by atoms with Gasteiger partial charge in [0, 0.05) is 17.1 Å². The molecule has 0 bridgehead atoms. The third kappa shape index (κ3) is 5.32. The van der Waals surface area contributed by atoms with E-state index >= 15 is 0 Å². The molecule has 0 aliphatic carbocycles. The van der Waals surface area contributed by atoms with Crippen molar-refractivity contribution < 1.29 is 19.4 Å². The molecule has 1 aromatic heterocycles. The molecule has 150 valence electrons. The van der Waals surface area contributed by atoms with Crippen molar-refractivity contribution in [3.63, 3.8) is 0 Å². The van der Waals surface area contributed by atoms with Gasteiger partial charge in [0.15, 0.2) is 5.13 Å². The Morgan fingerprint density at radius 2 is 2.00 bits per heavy atom. The zero-order valence-electron chi connectivity index (χ0n) is 16.0. The minimum absolute atomic E-state index is 0.213. The van der Waals surface area contributed by atoms with Gasteiger partial charge in [-0.2, -0.15) is 0 Å². The summed E-state index contributed by atoms with van der Waals surface area (Å²) in [5.41, 5.74) is 2.70. The summed E-state index contributed by atoms with van der Waals surface area (Å²) in [5.74, 6) is -0.703. The molecule has 3 aromatic rings. The van der Waals surface area contributed by atoms with Crippen molar-refractivity contribution in [1.82, 2.24) is 10.3 Å². The standard InChI is InChI=1S/C21H21N3O4S/c1-13-6-3-4-9-16(13)17(11-19(25)26)23-20(27)18-12-29-21(24-18)22-14-7-5-8-15(10-14)28-2/h3-10,12,17H,11H2,1-2H3,(H,22,24)(H,23,27)(H,25,26)/t17-/m0/s1. The number of carbonyl (C=O) groups is 2. The first-order chi connectivity index (χ1) is 14.0. The van der Waals surface area contributed by atoms with Gasteiger partial charge in [-0.15, -0.1) is 11.3 Å². The molecule has 29 heavy (non-hydrogen) atoms. The summed E-state index contributed by atoms with van der Waals surface area (Å²) in [6, 6.07) is 14.1. The quantitative estimate of drug-likeness (QED) is 0.515. The van der Waals surface area contributed by atoms with E-state index in [-0.39, 0.29) is 12.1 Å². The lowest BCUT2D eigenvalue weighted by Crippen LogP contribution is -2.30. The van der Waals surface area contributed by atoms with Crippen molar-refractivity contribution in [3.8, 4) is 5.75 Å². The second kappa shape index (κ2) is 9.20. The van der Waals surface area contributed by atoms with Gasteiger partial charge in [0.25, 0.3) is 5.91 Å². The van der Waals surface area contributed by atoms with Crippen LogP contribution in [0.1, 0.15) is 34.1 Å². The summed E-state index contributed by atoms with van der Waals surface area (Å²) in [7, 11) is 1.59. The van der Waals surface area contributed by atoms with Gasteiger partial charge in [0.05, 0.1) is 19.6 Å². The molecule has 0 saturated heterocycles. The number of amides is 1. The molecule has 0 aliphatic rings. The lowest BCUT2D eigenvalue weighted by atomic mass is 9.98. The molecule has 0 spiro atoms. The monoisotopic (exact) mass is 411 g/mol. The van der Waals surface area contributed by atoms with E-state index in [1.807, 2.05) is 55.5 Å². The topological polar surface area (TPSA) is 101 Å². The van der Waals surface area contributed by atoms with Crippen molar-refractivity contribution >= 4 is 34.0 Å². The first-order valence-electron chi connectivity index (χ1n) is 8.91. The largest absolute Gasteiger partial charge is 0.497 e. The predicted octanol–water partition coefficient (Wildman–Crippen LogP) is 4.15. The molecule has 0 unspecified atom stereocenters. The molecule has 0 fully saturated rings. The number of benzene rings is 2. The fourth-order valence-electron chi connectivity index (χ4n) is 2.88. The number of carboxylic acid groups (broad SMARTS) is 1. The number of methoxy groups -OCH3 is 1. The fourth-order valence-corrected chi connectivity index (χ4v) is 3.59. The second-order valence-electron chi connectivity index (χ2n) is 6.38. The first kappa shape index (κ1) is 20.3. The van der Waals surface area contributed by atoms with Crippen LogP contribution in [0.25, 0.3) is 0 Å². The minimum atomic E-state index is -0.989. The van der Waals surface area contributed by atoms with Crippen LogP contribution in [0, 0.1) is 6.92 Å². The summed E-state index contributed by atoms with van der Waals surface area (Å²) in [4.78, 5) is 28.3. The van der Waals surface area contributed by atoms with Gasteiger partial charge in [0.1, 0.15) is 11.4 Å². The van der Waals surface area contributed by atoms with Crippen molar-refractivity contribution in [3.05, 3.63) is 70.7 Å². The van der Waals surface area contributed by atoms with E-state index < -0.39 is 17.9 Å². The minimum Gasteiger partial charge on any atom is -0.497 e. The Balaban J connectivity index is 1.74. The number of thiazole rings is 1. The van der Waals surface area contributed by atoms with Crippen LogP contribution in [0.2, 0.25) is 0 Å². The molecule has 8 heteroatoms. The molecule has 0 aliphatic heterocycles. The number of carboxylic acids is 1. The summed E-state index contributed by atoms with van der Waals surface area (Å²) in [6.45, 7) is 1.88. The number of aliphatic carboxylic acids is 1. The van der Waals surface area contributed by atoms with Gasteiger partial charge in [-0.1, -0.05) is 30.3 Å². The van der Waals surface area contributed by atoms with Crippen LogP contribution in [0.4, 0.5) is 10.8 Å². The average molecular weight is 411 g/mol. The Morgan fingerprint density at radius 1 is 1.21 bits per heavy atom. The van der Waals surface area contributed by atoms with Gasteiger partial charge in [0.2, 0.25) is 0 Å².